The second-order valence-corrected chi connectivity index (χ2v) is 11.0. The number of benzene rings is 3. The summed E-state index contributed by atoms with van der Waals surface area (Å²) in [5.41, 5.74) is 3.03. The lowest BCUT2D eigenvalue weighted by Gasteiger charge is -2.32. The quantitative estimate of drug-likeness (QED) is 0.285. The van der Waals surface area contributed by atoms with Gasteiger partial charge in [-0.3, -0.25) is 9.59 Å². The Morgan fingerprint density at radius 1 is 0.943 bits per heavy atom. The van der Waals surface area contributed by atoms with E-state index in [0.29, 0.717) is 23.7 Å². The molecule has 0 spiro atoms. The van der Waals surface area contributed by atoms with Gasteiger partial charge in [0.1, 0.15) is 6.04 Å². The summed E-state index contributed by atoms with van der Waals surface area (Å²) < 4.78 is 0.934. The zero-order valence-electron chi connectivity index (χ0n) is 19.9. The van der Waals surface area contributed by atoms with Crippen molar-refractivity contribution >= 4 is 51.1 Å². The van der Waals surface area contributed by atoms with E-state index >= 15 is 0 Å². The van der Waals surface area contributed by atoms with Gasteiger partial charge in [-0.1, -0.05) is 82.1 Å². The number of halogens is 2. The normalized spacial score (nSPS) is 11.8. The molecule has 0 aliphatic carbocycles. The van der Waals surface area contributed by atoms with Crippen LogP contribution < -0.4 is 5.32 Å². The number of carbonyl (C=O) groups is 2. The molecule has 0 heterocycles. The van der Waals surface area contributed by atoms with Crippen LogP contribution in [0.25, 0.3) is 0 Å². The lowest BCUT2D eigenvalue weighted by Crippen LogP contribution is -2.52. The van der Waals surface area contributed by atoms with E-state index in [1.807, 2.05) is 92.7 Å². The van der Waals surface area contributed by atoms with E-state index in [0.717, 1.165) is 21.2 Å². The topological polar surface area (TPSA) is 49.4 Å². The predicted molar refractivity (Wildman–Crippen MR) is 150 cm³/mol. The second kappa shape index (κ2) is 13.7. The van der Waals surface area contributed by atoms with Crippen LogP contribution in [0.15, 0.2) is 83.3 Å². The highest BCUT2D eigenvalue weighted by molar-refractivity contribution is 9.10. The minimum Gasteiger partial charge on any atom is -0.352 e. The van der Waals surface area contributed by atoms with Gasteiger partial charge in [-0.2, -0.15) is 0 Å². The molecule has 2 amide bonds. The van der Waals surface area contributed by atoms with Crippen LogP contribution in [0.2, 0.25) is 5.02 Å². The molecular weight excluding hydrogens is 544 g/mol. The Kier molecular flexibility index (Phi) is 10.7. The SMILES string of the molecule is CC(C)NC(=O)[C@H](Cc1ccccc1)N(Cc1cccc(Br)c1)C(=O)CSCc1cccc(Cl)c1. The molecule has 0 aromatic heterocycles. The fourth-order valence-electron chi connectivity index (χ4n) is 3.73. The first-order valence-electron chi connectivity index (χ1n) is 11.5. The molecule has 35 heavy (non-hydrogen) atoms. The summed E-state index contributed by atoms with van der Waals surface area (Å²) in [5, 5.41) is 3.70. The summed E-state index contributed by atoms with van der Waals surface area (Å²) in [4.78, 5) is 28.7. The fourth-order valence-corrected chi connectivity index (χ4v) is 5.25. The first-order chi connectivity index (χ1) is 16.8. The maximum Gasteiger partial charge on any atom is 0.243 e. The van der Waals surface area contributed by atoms with Gasteiger partial charge in [0.15, 0.2) is 0 Å². The number of amides is 2. The Morgan fingerprint density at radius 3 is 2.31 bits per heavy atom. The van der Waals surface area contributed by atoms with E-state index in [9.17, 15) is 9.59 Å². The monoisotopic (exact) mass is 572 g/mol. The van der Waals surface area contributed by atoms with Gasteiger partial charge in [0, 0.05) is 34.3 Å². The molecule has 0 unspecified atom stereocenters. The Balaban J connectivity index is 1.84. The molecule has 4 nitrogen and oxygen atoms in total. The lowest BCUT2D eigenvalue weighted by atomic mass is 10.0. The predicted octanol–water partition coefficient (Wildman–Crippen LogP) is 6.50. The van der Waals surface area contributed by atoms with E-state index in [1.54, 1.807) is 4.90 Å². The molecule has 1 atom stereocenters. The molecule has 184 valence electrons. The highest BCUT2D eigenvalue weighted by Gasteiger charge is 2.30. The molecule has 0 saturated carbocycles. The van der Waals surface area contributed by atoms with E-state index in [2.05, 4.69) is 21.2 Å². The Morgan fingerprint density at radius 2 is 1.63 bits per heavy atom. The van der Waals surface area contributed by atoms with E-state index in [4.69, 9.17) is 11.6 Å². The Hall–Kier alpha value is -2.28. The summed E-state index contributed by atoms with van der Waals surface area (Å²) in [5.74, 6) is 0.711. The molecule has 0 radical (unpaired) electrons. The van der Waals surface area contributed by atoms with Gasteiger partial charge in [-0.15, -0.1) is 11.8 Å². The van der Waals surface area contributed by atoms with E-state index < -0.39 is 6.04 Å². The largest absolute Gasteiger partial charge is 0.352 e. The fraction of sp³-hybridized carbons (Fsp3) is 0.286. The maximum absolute atomic E-state index is 13.6. The molecule has 1 N–H and O–H groups in total. The zero-order valence-corrected chi connectivity index (χ0v) is 23.1. The third kappa shape index (κ3) is 9.02. The molecule has 0 aliphatic heterocycles. The van der Waals surface area contributed by atoms with E-state index in [-0.39, 0.29) is 23.6 Å². The molecule has 3 aromatic carbocycles. The van der Waals surface area contributed by atoms with Crippen molar-refractivity contribution in [1.82, 2.24) is 10.2 Å². The van der Waals surface area contributed by atoms with Crippen LogP contribution in [0.4, 0.5) is 0 Å². The number of hydrogen-bond acceptors (Lipinski definition) is 3. The first kappa shape index (κ1) is 27.3. The molecule has 3 aromatic rings. The van der Waals surface area contributed by atoms with Crippen LogP contribution >= 0.6 is 39.3 Å². The molecule has 7 heteroatoms. The van der Waals surface area contributed by atoms with Crippen LogP contribution in [-0.4, -0.2) is 34.6 Å². The van der Waals surface area contributed by atoms with Crippen molar-refractivity contribution in [1.29, 1.82) is 0 Å². The summed E-state index contributed by atoms with van der Waals surface area (Å²) in [7, 11) is 0. The van der Waals surface area contributed by atoms with Crippen LogP contribution in [-0.2, 0) is 28.3 Å². The molecular formula is C28H30BrClN2O2S. The minimum absolute atomic E-state index is 0.0270. The second-order valence-electron chi connectivity index (χ2n) is 8.64. The highest BCUT2D eigenvalue weighted by Crippen LogP contribution is 2.21. The van der Waals surface area contributed by atoms with Crippen LogP contribution in [0.5, 0.6) is 0 Å². The average molecular weight is 574 g/mol. The summed E-state index contributed by atoms with van der Waals surface area (Å²) in [6, 6.07) is 24.7. The van der Waals surface area contributed by atoms with Crippen molar-refractivity contribution in [2.75, 3.05) is 5.75 Å². The molecule has 0 bridgehead atoms. The maximum atomic E-state index is 13.6. The number of hydrogen-bond donors (Lipinski definition) is 1. The standard InChI is InChI=1S/C28H30BrClN2O2S/c1-20(2)31-28(34)26(16-21-8-4-3-5-9-21)32(17-22-10-6-12-24(29)14-22)27(33)19-35-18-23-11-7-13-25(30)15-23/h3-15,20,26H,16-19H2,1-2H3,(H,31,34)/t26-/m0/s1. The van der Waals surface area contributed by atoms with Crippen molar-refractivity contribution in [3.8, 4) is 0 Å². The average Bonchev–Trinajstić information content (AvgIpc) is 2.81. The van der Waals surface area contributed by atoms with Gasteiger partial charge in [0.05, 0.1) is 5.75 Å². The van der Waals surface area contributed by atoms with Crippen LogP contribution in [0.1, 0.15) is 30.5 Å². The van der Waals surface area contributed by atoms with Crippen LogP contribution in [0, 0.1) is 0 Å². The van der Waals surface area contributed by atoms with Gasteiger partial charge in [-0.25, -0.2) is 0 Å². The molecule has 0 saturated heterocycles. The minimum atomic E-state index is -0.627. The number of rotatable bonds is 11. The highest BCUT2D eigenvalue weighted by atomic mass is 79.9. The van der Waals surface area contributed by atoms with Gasteiger partial charge in [-0.05, 0) is 54.8 Å². The van der Waals surface area contributed by atoms with Gasteiger partial charge >= 0.3 is 0 Å². The van der Waals surface area contributed by atoms with Crippen molar-refractivity contribution in [3.05, 3.63) is 105 Å². The number of nitrogens with zero attached hydrogens (tertiary/aromatic N) is 1. The van der Waals surface area contributed by atoms with Crippen molar-refractivity contribution in [3.63, 3.8) is 0 Å². The van der Waals surface area contributed by atoms with Crippen molar-refractivity contribution in [2.24, 2.45) is 0 Å². The lowest BCUT2D eigenvalue weighted by molar-refractivity contribution is -0.139. The van der Waals surface area contributed by atoms with E-state index in [1.165, 1.54) is 11.8 Å². The summed E-state index contributed by atoms with van der Waals surface area (Å²) >= 11 is 11.1. The Labute approximate surface area is 225 Å². The van der Waals surface area contributed by atoms with Gasteiger partial charge < -0.3 is 10.2 Å². The molecule has 0 aliphatic rings. The molecule has 0 fully saturated rings. The van der Waals surface area contributed by atoms with Crippen LogP contribution in [0.3, 0.4) is 0 Å². The first-order valence-corrected chi connectivity index (χ1v) is 13.8. The van der Waals surface area contributed by atoms with Gasteiger partial charge in [0.2, 0.25) is 11.8 Å². The summed E-state index contributed by atoms with van der Waals surface area (Å²) in [6.07, 6.45) is 0.443. The zero-order chi connectivity index (χ0) is 25.2. The smallest absolute Gasteiger partial charge is 0.243 e. The number of thioether (sulfide) groups is 1. The Bertz CT molecular complexity index is 1130. The molecule has 3 rings (SSSR count). The summed E-state index contributed by atoms with van der Waals surface area (Å²) in [6.45, 7) is 4.20. The third-order valence-electron chi connectivity index (χ3n) is 5.33. The van der Waals surface area contributed by atoms with Crippen molar-refractivity contribution in [2.45, 2.75) is 44.6 Å². The number of nitrogens with one attached hydrogen (secondary N) is 1. The van der Waals surface area contributed by atoms with Gasteiger partial charge in [0.25, 0.3) is 0 Å². The van der Waals surface area contributed by atoms with Crippen molar-refractivity contribution < 1.29 is 9.59 Å². The number of carbonyl (C=O) groups excluding carboxylic acids is 2. The third-order valence-corrected chi connectivity index (χ3v) is 7.04.